The van der Waals surface area contributed by atoms with Crippen LogP contribution in [0.15, 0.2) is 47.4 Å². The first-order valence-electron chi connectivity index (χ1n) is 10.5. The molecule has 0 saturated carbocycles. The average Bonchev–Trinajstić information content (AvgIpc) is 3.42. The van der Waals surface area contributed by atoms with Crippen molar-refractivity contribution in [2.75, 3.05) is 31.2 Å². The van der Waals surface area contributed by atoms with Gasteiger partial charge in [-0.15, -0.1) is 0 Å². The van der Waals surface area contributed by atoms with Gasteiger partial charge in [-0.05, 0) is 63.6 Å². The van der Waals surface area contributed by atoms with E-state index in [1.54, 1.807) is 6.26 Å². The van der Waals surface area contributed by atoms with Gasteiger partial charge < -0.3 is 10.2 Å². The van der Waals surface area contributed by atoms with E-state index in [4.69, 9.17) is 0 Å². The van der Waals surface area contributed by atoms with Crippen LogP contribution in [-0.4, -0.2) is 57.8 Å². The molecule has 0 radical (unpaired) electrons. The fourth-order valence-electron chi connectivity index (χ4n) is 3.65. The lowest BCUT2D eigenvalue weighted by molar-refractivity contribution is -0.129. The molecule has 1 saturated heterocycles. The molecular formula is C23H26N4O3S2. The van der Waals surface area contributed by atoms with E-state index in [1.165, 1.54) is 11.3 Å². The summed E-state index contributed by atoms with van der Waals surface area (Å²) in [6, 6.07) is 13.0. The number of hydrogen-bond donors (Lipinski definition) is 2. The van der Waals surface area contributed by atoms with Crippen molar-refractivity contribution < 1.29 is 13.8 Å². The van der Waals surface area contributed by atoms with Crippen LogP contribution >= 0.6 is 11.3 Å². The van der Waals surface area contributed by atoms with Crippen molar-refractivity contribution in [2.24, 2.45) is 0 Å². The van der Waals surface area contributed by atoms with Gasteiger partial charge >= 0.3 is 6.03 Å². The molecular weight excluding hydrogens is 444 g/mol. The number of rotatable bonds is 6. The van der Waals surface area contributed by atoms with Crippen LogP contribution in [0.3, 0.4) is 0 Å². The highest BCUT2D eigenvalue weighted by molar-refractivity contribution is 7.99. The number of carbonyl (C=O) groups is 2. The lowest BCUT2D eigenvalue weighted by Crippen LogP contribution is -2.34. The minimum atomic E-state index is -2.29. The highest BCUT2D eigenvalue weighted by Gasteiger charge is 2.17. The van der Waals surface area contributed by atoms with E-state index in [0.29, 0.717) is 23.0 Å². The van der Waals surface area contributed by atoms with Gasteiger partial charge in [-0.25, -0.2) is 9.78 Å². The Bertz CT molecular complexity index is 1260. The molecule has 2 heterocycles. The maximum absolute atomic E-state index is 12.3. The van der Waals surface area contributed by atoms with Crippen LogP contribution in [0.5, 0.6) is 0 Å². The van der Waals surface area contributed by atoms with E-state index >= 15 is 0 Å². The number of fused-ring (bicyclic) bond motifs is 1. The Morgan fingerprint density at radius 3 is 2.66 bits per heavy atom. The largest absolute Gasteiger partial charge is 0.343 e. The number of carbonyl (C=O) groups excluding carboxylic acids is 2. The second-order valence-electron chi connectivity index (χ2n) is 7.95. The number of benzene rings is 2. The van der Waals surface area contributed by atoms with E-state index in [1.807, 2.05) is 47.4 Å². The topological polar surface area (TPSA) is 91.4 Å². The molecule has 168 valence electrons. The van der Waals surface area contributed by atoms with Gasteiger partial charge in [0.15, 0.2) is 5.13 Å². The first-order chi connectivity index (χ1) is 15.3. The molecule has 32 heavy (non-hydrogen) atoms. The number of nitrogens with one attached hydrogen (secondary N) is 2. The third-order valence-corrected chi connectivity index (χ3v) is 7.54. The monoisotopic (exact) mass is 470 g/mol. The molecule has 9 heteroatoms. The number of nitrogens with zero attached hydrogens (tertiary/aromatic N) is 2. The Labute approximate surface area is 191 Å². The smallest absolute Gasteiger partial charge is 0.321 e. The Morgan fingerprint density at radius 1 is 1.16 bits per heavy atom. The second kappa shape index (κ2) is 9.30. The van der Waals surface area contributed by atoms with Crippen LogP contribution in [0.2, 0.25) is 0 Å². The van der Waals surface area contributed by atoms with Crippen molar-refractivity contribution in [2.45, 2.75) is 24.2 Å². The van der Waals surface area contributed by atoms with Gasteiger partial charge in [0.05, 0.1) is 10.2 Å². The predicted octanol–water partition coefficient (Wildman–Crippen LogP) is 3.80. The summed E-state index contributed by atoms with van der Waals surface area (Å²) in [5, 5.41) is 5.96. The number of likely N-dealkylation sites (tertiary alicyclic amines) is 1. The zero-order chi connectivity index (χ0) is 22.7. The summed E-state index contributed by atoms with van der Waals surface area (Å²) in [5.74, 6) is 3.84. The Hall–Kier alpha value is -2.91. The molecule has 0 spiro atoms. The minimum absolute atomic E-state index is 0.0807. The van der Waals surface area contributed by atoms with Crippen molar-refractivity contribution in [1.82, 2.24) is 15.2 Å². The summed E-state index contributed by atoms with van der Waals surface area (Å²) in [6.45, 7) is 1.92. The molecule has 2 aromatic carbocycles. The van der Waals surface area contributed by atoms with Crippen molar-refractivity contribution in [3.05, 3.63) is 42.5 Å². The van der Waals surface area contributed by atoms with Crippen molar-refractivity contribution >= 4 is 54.0 Å². The van der Waals surface area contributed by atoms with Gasteiger partial charge in [0.1, 0.15) is 0 Å². The summed E-state index contributed by atoms with van der Waals surface area (Å²) in [7, 11) is -2.29. The molecule has 3 amide bonds. The minimum Gasteiger partial charge on any atom is -0.343 e. The maximum Gasteiger partial charge on any atom is 0.321 e. The van der Waals surface area contributed by atoms with Gasteiger partial charge in [-0.2, -0.15) is 0 Å². The predicted molar refractivity (Wildman–Crippen MR) is 132 cm³/mol. The Balaban J connectivity index is 1.39. The van der Waals surface area contributed by atoms with Crippen LogP contribution in [0.1, 0.15) is 19.3 Å². The van der Waals surface area contributed by atoms with Gasteiger partial charge in [0.2, 0.25) is 5.91 Å². The summed E-state index contributed by atoms with van der Waals surface area (Å²) >= 11 is 1.38. The molecule has 0 aliphatic carbocycles. The van der Waals surface area contributed by atoms with Crippen LogP contribution in [0.25, 0.3) is 21.3 Å². The van der Waals surface area contributed by atoms with Gasteiger partial charge in [-0.1, -0.05) is 29.5 Å². The zero-order valence-electron chi connectivity index (χ0n) is 17.9. The summed E-state index contributed by atoms with van der Waals surface area (Å²) < 4.78 is 13.2. The molecule has 0 bridgehead atoms. The highest BCUT2D eigenvalue weighted by atomic mass is 32.2. The number of aromatic nitrogens is 1. The number of anilines is 1. The molecule has 1 aliphatic rings. The third kappa shape index (κ3) is 5.28. The van der Waals surface area contributed by atoms with Crippen molar-refractivity contribution in [3.63, 3.8) is 0 Å². The van der Waals surface area contributed by atoms with E-state index in [-0.39, 0.29) is 11.9 Å². The number of thiazole rings is 1. The number of urea groups is 1. The van der Waals surface area contributed by atoms with Crippen LogP contribution in [0.4, 0.5) is 9.93 Å². The van der Waals surface area contributed by atoms with Crippen LogP contribution < -0.4 is 10.6 Å². The number of amides is 3. The fraction of sp³-hybridized carbons (Fsp3) is 0.304. The van der Waals surface area contributed by atoms with Crippen molar-refractivity contribution in [3.8, 4) is 11.1 Å². The van der Waals surface area contributed by atoms with E-state index < -0.39 is 9.52 Å². The van der Waals surface area contributed by atoms with Crippen LogP contribution in [-0.2, 0) is 14.3 Å². The fourth-order valence-corrected chi connectivity index (χ4v) is 5.29. The average molecular weight is 471 g/mol. The Kier molecular flexibility index (Phi) is 6.48. The van der Waals surface area contributed by atoms with Crippen LogP contribution in [0, 0.1) is 0 Å². The molecule has 1 fully saturated rings. The van der Waals surface area contributed by atoms with E-state index in [9.17, 15) is 13.8 Å². The van der Waals surface area contributed by atoms with Crippen molar-refractivity contribution in [1.29, 1.82) is 0 Å². The highest BCUT2D eigenvalue weighted by Crippen LogP contribution is 2.31. The van der Waals surface area contributed by atoms with Gasteiger partial charge in [0.25, 0.3) is 0 Å². The summed E-state index contributed by atoms with van der Waals surface area (Å²) in [6.07, 6.45) is 4.04. The molecule has 1 aromatic heterocycles. The van der Waals surface area contributed by atoms with E-state index in [2.05, 4.69) is 21.5 Å². The Morgan fingerprint density at radius 2 is 1.91 bits per heavy atom. The molecule has 3 aromatic rings. The molecule has 4 rings (SSSR count). The van der Waals surface area contributed by atoms with E-state index in [0.717, 1.165) is 47.3 Å². The normalized spacial score (nSPS) is 15.5. The first-order valence-corrected chi connectivity index (χ1v) is 13.4. The zero-order valence-corrected chi connectivity index (χ0v) is 19.6. The van der Waals surface area contributed by atoms with Gasteiger partial charge in [-0.3, -0.25) is 14.3 Å². The second-order valence-corrected chi connectivity index (χ2v) is 11.5. The molecule has 2 N–H and O–H groups in total. The quantitative estimate of drug-likeness (QED) is 0.536. The SMILES string of the molecule is C=S(C)(=O)c1cccc(-c2ccc3nc(NC(=O)NCCC(=O)N4CCCC4)sc3c2)c1. The third-order valence-electron chi connectivity index (χ3n) is 5.36. The summed E-state index contributed by atoms with van der Waals surface area (Å²) in [5.41, 5.74) is 2.71. The lowest BCUT2D eigenvalue weighted by atomic mass is 10.1. The summed E-state index contributed by atoms with van der Waals surface area (Å²) in [4.78, 5) is 31.3. The standard InChI is InChI=1S/C23H26N4O3S2/c1-32(2,30)18-7-5-6-16(14-18)17-8-9-19-20(15-17)31-23(25-19)26-22(29)24-11-10-21(28)27-12-3-4-13-27/h5-9,14-15H,1,3-4,10-13H2,2H3,(H2,24,25,26,29). The number of hydrogen-bond acceptors (Lipinski definition) is 5. The molecule has 1 atom stereocenters. The molecule has 1 aliphatic heterocycles. The van der Waals surface area contributed by atoms with Gasteiger partial charge in [0, 0.05) is 37.2 Å². The first kappa shape index (κ1) is 22.3. The molecule has 1 unspecified atom stereocenters. The molecule has 7 nitrogen and oxygen atoms in total. The lowest BCUT2D eigenvalue weighted by Gasteiger charge is -2.15. The maximum atomic E-state index is 12.3.